The first kappa shape index (κ1) is 23.0. The SMILES string of the molecule is O=C(CN(C(=O)c1ccc([N+](=O)[O-])cc1)N1C(=O)[C@H]2[C@H](C1=O)[C@H]1C=C[C@H]2C1)c1cccc([N+](=O)[O-])c1. The molecule has 12 heteroatoms. The average molecular weight is 490 g/mol. The number of imide groups is 1. The zero-order valence-corrected chi connectivity index (χ0v) is 18.6. The van der Waals surface area contributed by atoms with Gasteiger partial charge in [-0.15, -0.1) is 0 Å². The molecule has 1 heterocycles. The van der Waals surface area contributed by atoms with E-state index in [1.165, 1.54) is 30.3 Å². The minimum atomic E-state index is -0.884. The molecule has 3 amide bonds. The molecule has 2 aliphatic carbocycles. The molecule has 36 heavy (non-hydrogen) atoms. The molecule has 0 unspecified atom stereocenters. The summed E-state index contributed by atoms with van der Waals surface area (Å²) in [5.74, 6) is -4.33. The largest absolute Gasteiger partial charge is 0.292 e. The fourth-order valence-electron chi connectivity index (χ4n) is 5.25. The number of hydrogen-bond donors (Lipinski definition) is 0. The van der Waals surface area contributed by atoms with Crippen LogP contribution in [0.4, 0.5) is 11.4 Å². The fourth-order valence-corrected chi connectivity index (χ4v) is 5.25. The van der Waals surface area contributed by atoms with Gasteiger partial charge < -0.3 is 0 Å². The topological polar surface area (TPSA) is 161 Å². The molecule has 0 radical (unpaired) electrons. The maximum atomic E-state index is 13.5. The molecule has 2 aromatic carbocycles. The number of hydrogen-bond acceptors (Lipinski definition) is 8. The molecule has 0 spiro atoms. The number of ketones is 1. The molecule has 0 aromatic heterocycles. The third-order valence-corrected chi connectivity index (χ3v) is 6.92. The van der Waals surface area contributed by atoms with E-state index < -0.39 is 51.7 Å². The van der Waals surface area contributed by atoms with Crippen LogP contribution in [0.3, 0.4) is 0 Å². The zero-order chi connectivity index (χ0) is 25.7. The molecule has 182 valence electrons. The van der Waals surface area contributed by atoms with Gasteiger partial charge in [-0.05, 0) is 30.4 Å². The first-order valence-corrected chi connectivity index (χ1v) is 11.1. The van der Waals surface area contributed by atoms with E-state index >= 15 is 0 Å². The van der Waals surface area contributed by atoms with Gasteiger partial charge in [0.05, 0.1) is 21.7 Å². The summed E-state index contributed by atoms with van der Waals surface area (Å²) in [6, 6.07) is 9.42. The highest BCUT2D eigenvalue weighted by atomic mass is 16.6. The second kappa shape index (κ2) is 8.48. The summed E-state index contributed by atoms with van der Waals surface area (Å²) < 4.78 is 0. The first-order valence-electron chi connectivity index (χ1n) is 11.1. The number of benzene rings is 2. The Kier molecular flexibility index (Phi) is 5.43. The van der Waals surface area contributed by atoms with Crippen LogP contribution in [0.5, 0.6) is 0 Å². The van der Waals surface area contributed by atoms with Gasteiger partial charge in [-0.3, -0.25) is 39.4 Å². The number of nitro groups is 2. The van der Waals surface area contributed by atoms with E-state index in [1.54, 1.807) is 0 Å². The fraction of sp³-hybridized carbons (Fsp3) is 0.250. The standard InChI is InChI=1S/C24H18N4O8/c29-19(14-2-1-3-18(11-14)28(35)36)12-25(22(30)13-6-8-17(9-7-13)27(33)34)26-23(31)20-15-4-5-16(10-15)21(20)24(26)32/h1-9,11,15-16,20-21H,10,12H2/t15-,16-,20+,21+/m0/s1. The van der Waals surface area contributed by atoms with Crippen LogP contribution in [0.25, 0.3) is 0 Å². The van der Waals surface area contributed by atoms with Crippen LogP contribution in [0.1, 0.15) is 27.1 Å². The molecular weight excluding hydrogens is 472 g/mol. The summed E-state index contributed by atoms with van der Waals surface area (Å²) in [6.45, 7) is -0.739. The minimum absolute atomic E-state index is 0.0771. The van der Waals surface area contributed by atoms with Gasteiger partial charge >= 0.3 is 0 Å². The van der Waals surface area contributed by atoms with Crippen molar-refractivity contribution < 1.29 is 29.0 Å². The van der Waals surface area contributed by atoms with Crippen LogP contribution in [-0.2, 0) is 9.59 Å². The molecular formula is C24H18N4O8. The van der Waals surface area contributed by atoms with E-state index in [0.29, 0.717) is 11.4 Å². The number of amides is 3. The van der Waals surface area contributed by atoms with Crippen molar-refractivity contribution in [1.82, 2.24) is 10.0 Å². The number of allylic oxidation sites excluding steroid dienone is 2. The Morgan fingerprint density at radius 1 is 0.861 bits per heavy atom. The molecule has 4 atom stereocenters. The number of carbonyl (C=O) groups is 4. The van der Waals surface area contributed by atoms with Crippen molar-refractivity contribution in [3.8, 4) is 0 Å². The van der Waals surface area contributed by atoms with Crippen LogP contribution >= 0.6 is 0 Å². The Balaban J connectivity index is 1.50. The Morgan fingerprint density at radius 3 is 2.00 bits per heavy atom. The summed E-state index contributed by atoms with van der Waals surface area (Å²) >= 11 is 0. The third-order valence-electron chi connectivity index (χ3n) is 6.92. The second-order valence-electron chi connectivity index (χ2n) is 8.89. The minimum Gasteiger partial charge on any atom is -0.292 e. The van der Waals surface area contributed by atoms with E-state index in [9.17, 15) is 39.4 Å². The lowest BCUT2D eigenvalue weighted by molar-refractivity contribution is -0.385. The first-order chi connectivity index (χ1) is 17.2. The predicted molar refractivity (Wildman–Crippen MR) is 121 cm³/mol. The highest BCUT2D eigenvalue weighted by Gasteiger charge is 2.61. The highest BCUT2D eigenvalue weighted by molar-refractivity contribution is 6.10. The van der Waals surface area contributed by atoms with Gasteiger partial charge in [-0.25, -0.2) is 5.01 Å². The molecule has 1 aliphatic heterocycles. The lowest BCUT2D eigenvalue weighted by atomic mass is 9.85. The van der Waals surface area contributed by atoms with Gasteiger partial charge in [-0.1, -0.05) is 24.3 Å². The number of carbonyl (C=O) groups excluding carboxylic acids is 4. The van der Waals surface area contributed by atoms with Gasteiger partial charge in [-0.2, -0.15) is 5.01 Å². The number of hydrazine groups is 1. The van der Waals surface area contributed by atoms with Crippen molar-refractivity contribution in [2.24, 2.45) is 23.7 Å². The number of Topliss-reactive ketones (excluding diaryl/α,β-unsaturated/α-hetero) is 1. The third kappa shape index (κ3) is 3.63. The van der Waals surface area contributed by atoms with Crippen molar-refractivity contribution in [2.75, 3.05) is 6.54 Å². The summed E-state index contributed by atoms with van der Waals surface area (Å²) in [7, 11) is 0. The van der Waals surface area contributed by atoms with Crippen LogP contribution in [0, 0.1) is 43.9 Å². The quantitative estimate of drug-likeness (QED) is 0.188. The Labute approximate surface area is 203 Å². The summed E-state index contributed by atoms with van der Waals surface area (Å²) in [5, 5.41) is 23.6. The van der Waals surface area contributed by atoms with Crippen molar-refractivity contribution >= 4 is 34.9 Å². The van der Waals surface area contributed by atoms with Gasteiger partial charge in [0.25, 0.3) is 29.1 Å². The van der Waals surface area contributed by atoms with Crippen molar-refractivity contribution in [3.63, 3.8) is 0 Å². The smallest absolute Gasteiger partial charge is 0.273 e. The highest BCUT2D eigenvalue weighted by Crippen LogP contribution is 2.52. The van der Waals surface area contributed by atoms with Gasteiger partial charge in [0.1, 0.15) is 6.54 Å². The molecule has 2 fully saturated rings. The zero-order valence-electron chi connectivity index (χ0n) is 18.6. The molecule has 2 bridgehead atoms. The molecule has 12 nitrogen and oxygen atoms in total. The monoisotopic (exact) mass is 490 g/mol. The van der Waals surface area contributed by atoms with E-state index in [0.717, 1.165) is 23.2 Å². The maximum absolute atomic E-state index is 13.5. The van der Waals surface area contributed by atoms with Crippen LogP contribution in [0.2, 0.25) is 0 Å². The average Bonchev–Trinajstić information content (AvgIpc) is 3.56. The maximum Gasteiger partial charge on any atom is 0.273 e. The number of non-ortho nitro benzene ring substituents is 2. The van der Waals surface area contributed by atoms with E-state index in [2.05, 4.69) is 0 Å². The van der Waals surface area contributed by atoms with E-state index in [-0.39, 0.29) is 34.3 Å². The van der Waals surface area contributed by atoms with Crippen molar-refractivity contribution in [2.45, 2.75) is 6.42 Å². The lowest BCUT2D eigenvalue weighted by Gasteiger charge is -2.30. The van der Waals surface area contributed by atoms with Gasteiger partial charge in [0.2, 0.25) is 0 Å². The number of rotatable bonds is 7. The Bertz CT molecular complexity index is 1340. The Hall–Kier alpha value is -4.74. The molecule has 5 rings (SSSR count). The van der Waals surface area contributed by atoms with Gasteiger partial charge in [0, 0.05) is 35.4 Å². The molecule has 2 aromatic rings. The van der Waals surface area contributed by atoms with Crippen LogP contribution < -0.4 is 0 Å². The lowest BCUT2D eigenvalue weighted by Crippen LogP contribution is -2.52. The molecule has 0 N–H and O–H groups in total. The second-order valence-corrected chi connectivity index (χ2v) is 8.89. The summed E-state index contributed by atoms with van der Waals surface area (Å²) in [5.41, 5.74) is -0.756. The van der Waals surface area contributed by atoms with E-state index in [1.807, 2.05) is 12.2 Å². The van der Waals surface area contributed by atoms with Gasteiger partial charge in [0.15, 0.2) is 5.78 Å². The summed E-state index contributed by atoms with van der Waals surface area (Å²) in [6.07, 6.45) is 4.44. The van der Waals surface area contributed by atoms with Crippen LogP contribution in [0.15, 0.2) is 60.7 Å². The number of fused-ring (bicyclic) bond motifs is 5. The number of nitrogens with zero attached hydrogens (tertiary/aromatic N) is 4. The number of nitro benzene ring substituents is 2. The predicted octanol–water partition coefficient (Wildman–Crippen LogP) is 2.55. The van der Waals surface area contributed by atoms with Crippen molar-refractivity contribution in [3.05, 3.63) is 92.0 Å². The van der Waals surface area contributed by atoms with E-state index in [4.69, 9.17) is 0 Å². The molecule has 1 saturated carbocycles. The summed E-state index contributed by atoms with van der Waals surface area (Å²) in [4.78, 5) is 74.1. The normalized spacial score (nSPS) is 23.6. The Morgan fingerprint density at radius 2 is 1.44 bits per heavy atom. The molecule has 1 saturated heterocycles. The van der Waals surface area contributed by atoms with Crippen LogP contribution in [-0.4, -0.2) is 49.9 Å². The molecule has 3 aliphatic rings. The van der Waals surface area contributed by atoms with Crippen molar-refractivity contribution in [1.29, 1.82) is 0 Å².